The van der Waals surface area contributed by atoms with Crippen LogP contribution >= 0.6 is 0 Å². The van der Waals surface area contributed by atoms with E-state index in [1.165, 1.54) is 12.1 Å². The lowest BCUT2D eigenvalue weighted by Gasteiger charge is -2.19. The van der Waals surface area contributed by atoms with Crippen molar-refractivity contribution < 1.29 is 9.72 Å². The zero-order valence-corrected chi connectivity index (χ0v) is 10.6. The summed E-state index contributed by atoms with van der Waals surface area (Å²) in [6.07, 6.45) is 6.36. The zero-order valence-electron chi connectivity index (χ0n) is 10.6. The maximum atomic E-state index is 12.0. The molecule has 0 aromatic heterocycles. The molecule has 1 saturated heterocycles. The minimum absolute atomic E-state index is 0.0100. The fraction of sp³-hybridized carbons (Fsp3) is 0.357. The molecular formula is C14H14N2O3. The van der Waals surface area contributed by atoms with E-state index >= 15 is 0 Å². The summed E-state index contributed by atoms with van der Waals surface area (Å²) in [6.45, 7) is 2.38. The third-order valence-corrected chi connectivity index (χ3v) is 3.31. The summed E-state index contributed by atoms with van der Waals surface area (Å²) in [5, 5.41) is 10.8. The summed E-state index contributed by atoms with van der Waals surface area (Å²) in [5.41, 5.74) is 1.51. The molecule has 1 unspecified atom stereocenters. The van der Waals surface area contributed by atoms with Crippen LogP contribution in [0.15, 0.2) is 18.2 Å². The molecule has 1 aromatic carbocycles. The fourth-order valence-electron chi connectivity index (χ4n) is 2.27. The Morgan fingerprint density at radius 3 is 2.84 bits per heavy atom. The first-order valence-corrected chi connectivity index (χ1v) is 6.10. The largest absolute Gasteiger partial charge is 0.311 e. The molecule has 0 aliphatic carbocycles. The molecule has 1 aliphatic rings. The molecule has 2 rings (SSSR count). The molecule has 5 heteroatoms. The van der Waals surface area contributed by atoms with E-state index in [2.05, 4.69) is 5.92 Å². The van der Waals surface area contributed by atoms with Crippen LogP contribution in [0.4, 0.5) is 11.4 Å². The highest BCUT2D eigenvalue weighted by Crippen LogP contribution is 2.31. The lowest BCUT2D eigenvalue weighted by molar-refractivity contribution is -0.384. The van der Waals surface area contributed by atoms with Crippen LogP contribution in [-0.4, -0.2) is 17.4 Å². The van der Waals surface area contributed by atoms with Gasteiger partial charge in [0.05, 0.1) is 10.6 Å². The number of anilines is 1. The Morgan fingerprint density at radius 1 is 1.58 bits per heavy atom. The van der Waals surface area contributed by atoms with Crippen LogP contribution in [-0.2, 0) is 11.2 Å². The number of rotatable bonds is 3. The molecular weight excluding hydrogens is 244 g/mol. The fourth-order valence-corrected chi connectivity index (χ4v) is 2.27. The number of non-ortho nitro benzene ring substituents is 1. The van der Waals surface area contributed by atoms with Crippen molar-refractivity contribution in [3.05, 3.63) is 33.9 Å². The standard InChI is InChI=1S/C14H14N2O3/c1-3-10-7-14(17)15(9-10)13-8-12(16(18)19)6-5-11(13)4-2/h1,5-6,8,10H,4,7,9H2,2H3. The number of carbonyl (C=O) groups is 1. The van der Waals surface area contributed by atoms with Crippen LogP contribution in [0.25, 0.3) is 0 Å². The van der Waals surface area contributed by atoms with Crippen molar-refractivity contribution in [1.29, 1.82) is 0 Å². The monoisotopic (exact) mass is 258 g/mol. The van der Waals surface area contributed by atoms with E-state index in [-0.39, 0.29) is 17.5 Å². The van der Waals surface area contributed by atoms with Crippen LogP contribution in [0, 0.1) is 28.4 Å². The van der Waals surface area contributed by atoms with Gasteiger partial charge in [-0.2, -0.15) is 0 Å². The predicted octanol–water partition coefficient (Wildman–Crippen LogP) is 2.14. The lowest BCUT2D eigenvalue weighted by Crippen LogP contribution is -2.25. The van der Waals surface area contributed by atoms with Gasteiger partial charge in [0.2, 0.25) is 5.91 Å². The first-order chi connectivity index (χ1) is 9.06. The number of aryl methyl sites for hydroxylation is 1. The summed E-state index contributed by atoms with van der Waals surface area (Å²) >= 11 is 0. The summed E-state index contributed by atoms with van der Waals surface area (Å²) in [7, 11) is 0. The molecule has 1 amide bonds. The molecule has 1 fully saturated rings. The number of nitro groups is 1. The van der Waals surface area contributed by atoms with Gasteiger partial charge >= 0.3 is 0 Å². The number of amides is 1. The average molecular weight is 258 g/mol. The van der Waals surface area contributed by atoms with Gasteiger partial charge in [0, 0.05) is 31.0 Å². The third-order valence-electron chi connectivity index (χ3n) is 3.31. The molecule has 0 saturated carbocycles. The van der Waals surface area contributed by atoms with Gasteiger partial charge in [-0.15, -0.1) is 12.3 Å². The Bertz CT molecular complexity index is 575. The molecule has 98 valence electrons. The molecule has 1 atom stereocenters. The van der Waals surface area contributed by atoms with E-state index in [9.17, 15) is 14.9 Å². The van der Waals surface area contributed by atoms with Crippen molar-refractivity contribution in [2.45, 2.75) is 19.8 Å². The van der Waals surface area contributed by atoms with E-state index in [0.717, 1.165) is 5.56 Å². The van der Waals surface area contributed by atoms with E-state index < -0.39 is 4.92 Å². The zero-order chi connectivity index (χ0) is 14.0. The van der Waals surface area contributed by atoms with Crippen molar-refractivity contribution >= 4 is 17.3 Å². The Kier molecular flexibility index (Phi) is 3.52. The van der Waals surface area contributed by atoms with Crippen LogP contribution < -0.4 is 4.90 Å². The van der Waals surface area contributed by atoms with Gasteiger partial charge in [-0.05, 0) is 12.0 Å². The molecule has 0 N–H and O–H groups in total. The quantitative estimate of drug-likeness (QED) is 0.474. The van der Waals surface area contributed by atoms with Crippen molar-refractivity contribution in [3.63, 3.8) is 0 Å². The van der Waals surface area contributed by atoms with E-state index in [4.69, 9.17) is 6.42 Å². The maximum absolute atomic E-state index is 12.0. The van der Waals surface area contributed by atoms with Gasteiger partial charge in [0.15, 0.2) is 0 Å². The first kappa shape index (κ1) is 13.1. The van der Waals surface area contributed by atoms with E-state index in [0.29, 0.717) is 25.1 Å². The lowest BCUT2D eigenvalue weighted by atomic mass is 10.1. The second-order valence-electron chi connectivity index (χ2n) is 4.50. The average Bonchev–Trinajstić information content (AvgIpc) is 2.79. The SMILES string of the molecule is C#CC1CC(=O)N(c2cc([N+](=O)[O-])ccc2CC)C1. The van der Waals surface area contributed by atoms with Gasteiger partial charge in [-0.1, -0.05) is 13.0 Å². The van der Waals surface area contributed by atoms with Gasteiger partial charge in [-0.3, -0.25) is 14.9 Å². The molecule has 5 nitrogen and oxygen atoms in total. The Hall–Kier alpha value is -2.35. The number of nitrogens with zero attached hydrogens (tertiary/aromatic N) is 2. The predicted molar refractivity (Wildman–Crippen MR) is 71.8 cm³/mol. The number of hydrogen-bond acceptors (Lipinski definition) is 3. The molecule has 1 aromatic rings. The Balaban J connectivity index is 2.43. The second kappa shape index (κ2) is 5.11. The van der Waals surface area contributed by atoms with E-state index in [1.54, 1.807) is 11.0 Å². The minimum Gasteiger partial charge on any atom is -0.311 e. The smallest absolute Gasteiger partial charge is 0.271 e. The van der Waals surface area contributed by atoms with Crippen molar-refractivity contribution in [2.75, 3.05) is 11.4 Å². The molecule has 0 bridgehead atoms. The van der Waals surface area contributed by atoms with Crippen LogP contribution in [0.5, 0.6) is 0 Å². The number of hydrogen-bond donors (Lipinski definition) is 0. The summed E-state index contributed by atoms with van der Waals surface area (Å²) < 4.78 is 0. The Labute approximate surface area is 111 Å². The Morgan fingerprint density at radius 2 is 2.32 bits per heavy atom. The van der Waals surface area contributed by atoms with Crippen molar-refractivity contribution in [3.8, 4) is 12.3 Å². The molecule has 0 radical (unpaired) electrons. The summed E-state index contributed by atoms with van der Waals surface area (Å²) in [4.78, 5) is 23.9. The molecule has 1 aliphatic heterocycles. The maximum Gasteiger partial charge on any atom is 0.271 e. The van der Waals surface area contributed by atoms with Gasteiger partial charge in [0.1, 0.15) is 0 Å². The van der Waals surface area contributed by atoms with Gasteiger partial charge in [0.25, 0.3) is 5.69 Å². The van der Waals surface area contributed by atoms with Crippen LogP contribution in [0.2, 0.25) is 0 Å². The van der Waals surface area contributed by atoms with Crippen molar-refractivity contribution in [2.24, 2.45) is 5.92 Å². The van der Waals surface area contributed by atoms with Crippen LogP contribution in [0.3, 0.4) is 0 Å². The first-order valence-electron chi connectivity index (χ1n) is 6.10. The van der Waals surface area contributed by atoms with Gasteiger partial charge < -0.3 is 4.90 Å². The third kappa shape index (κ3) is 2.43. The van der Waals surface area contributed by atoms with E-state index in [1.807, 2.05) is 6.92 Å². The highest BCUT2D eigenvalue weighted by molar-refractivity contribution is 5.97. The minimum atomic E-state index is -0.456. The number of benzene rings is 1. The molecule has 19 heavy (non-hydrogen) atoms. The number of nitro benzene ring substituents is 1. The van der Waals surface area contributed by atoms with Gasteiger partial charge in [-0.25, -0.2) is 0 Å². The normalized spacial score (nSPS) is 18.4. The molecule has 0 spiro atoms. The summed E-state index contributed by atoms with van der Waals surface area (Å²) in [6, 6.07) is 4.61. The molecule has 1 heterocycles. The number of carbonyl (C=O) groups excluding carboxylic acids is 1. The highest BCUT2D eigenvalue weighted by Gasteiger charge is 2.31. The number of terminal acetylenes is 1. The van der Waals surface area contributed by atoms with Crippen molar-refractivity contribution in [1.82, 2.24) is 0 Å². The highest BCUT2D eigenvalue weighted by atomic mass is 16.6. The van der Waals surface area contributed by atoms with Crippen LogP contribution in [0.1, 0.15) is 18.9 Å². The summed E-state index contributed by atoms with van der Waals surface area (Å²) in [5.74, 6) is 2.39. The topological polar surface area (TPSA) is 63.5 Å². The second-order valence-corrected chi connectivity index (χ2v) is 4.50.